The van der Waals surface area contributed by atoms with Gasteiger partial charge in [0.2, 0.25) is 0 Å². The number of aromatic carboxylic acids is 1. The van der Waals surface area contributed by atoms with Gasteiger partial charge in [0.25, 0.3) is 28.5 Å². The van der Waals surface area contributed by atoms with Crippen LogP contribution in [-0.2, 0) is 9.47 Å². The van der Waals surface area contributed by atoms with Crippen LogP contribution in [0.4, 0.5) is 27.0 Å². The Labute approximate surface area is 664 Å². The van der Waals surface area contributed by atoms with Crippen LogP contribution < -0.4 is 49.4 Å². The van der Waals surface area contributed by atoms with Gasteiger partial charge in [0.1, 0.15) is 27.9 Å². The Bertz CT molecular complexity index is 6390. The topological polar surface area (TPSA) is 381 Å². The molecule has 0 fully saturated rings. The number of hydrogen-bond acceptors (Lipinski definition) is 18. The summed E-state index contributed by atoms with van der Waals surface area (Å²) in [5.41, 5.74) is 14.7. The second kappa shape index (κ2) is 33.5. The van der Waals surface area contributed by atoms with Gasteiger partial charge in [-0.15, -0.1) is 15.3 Å². The molecule has 4 amide bonds. The third-order valence-corrected chi connectivity index (χ3v) is 18.2. The highest BCUT2D eigenvalue weighted by Gasteiger charge is 2.30. The maximum absolute atomic E-state index is 13.7. The lowest BCUT2D eigenvalue weighted by Crippen LogP contribution is -2.33. The molecule has 3 atom stereocenters. The van der Waals surface area contributed by atoms with Gasteiger partial charge in [-0.2, -0.15) is 0 Å². The SMILES string of the molecule is CC(C)(C)OC(=O)Nc1nn2cccnc2c1C(=O)O.C[C@H](N)c1cc2cccc(Cl)c2c(=O)n1-c1ccccc1.C[C@H](NC(=O)c1c(N)nn2cccnc12)c1cc2cccc(Cl)c2c(=O)n1-c1ccccc1.C[C@H](NC(=O)c1c(NC(=O)OC(C)(C)C)nn2cccnc12)c1cc2cccc(Cl)c2c(=O)n1-c1ccccc1. The average Bonchev–Trinajstić information content (AvgIpc) is 1.18. The number of nitrogens with one attached hydrogen (secondary N) is 4. The van der Waals surface area contributed by atoms with Crippen LogP contribution in [0.3, 0.4) is 0 Å². The van der Waals surface area contributed by atoms with Crippen LogP contribution in [0.2, 0.25) is 15.1 Å². The summed E-state index contributed by atoms with van der Waals surface area (Å²) in [5.74, 6) is -2.26. The molecule has 0 unspecified atom stereocenters. The molecule has 0 saturated carbocycles. The number of amides is 4. The number of carbonyl (C=O) groups is 5. The van der Waals surface area contributed by atoms with Gasteiger partial charge in [-0.05, 0) is 169 Å². The second-order valence-corrected chi connectivity index (χ2v) is 29.1. The van der Waals surface area contributed by atoms with Gasteiger partial charge in [-0.3, -0.25) is 48.3 Å². The van der Waals surface area contributed by atoms with Gasteiger partial charge in [0.05, 0.1) is 43.3 Å². The first-order valence-electron chi connectivity index (χ1n) is 35.4. The summed E-state index contributed by atoms with van der Waals surface area (Å²) in [4.78, 5) is 115. The smallest absolute Gasteiger partial charge is 0.413 e. The number of carboxylic acid groups (broad SMARTS) is 1. The summed E-state index contributed by atoms with van der Waals surface area (Å²) >= 11 is 19.0. The van der Waals surface area contributed by atoms with Crippen LogP contribution in [0.25, 0.3) is 66.3 Å². The van der Waals surface area contributed by atoms with E-state index in [1.807, 2.05) is 122 Å². The van der Waals surface area contributed by atoms with Crippen LogP contribution in [0.15, 0.2) is 234 Å². The average molecular weight is 1590 g/mol. The Hall–Kier alpha value is -13.6. The van der Waals surface area contributed by atoms with E-state index in [1.54, 1.807) is 150 Å². The number of nitrogen functional groups attached to an aromatic ring is 1. The molecule has 15 aromatic rings. The van der Waals surface area contributed by atoms with E-state index in [2.05, 4.69) is 51.5 Å². The Morgan fingerprint density at radius 1 is 0.439 bits per heavy atom. The maximum Gasteiger partial charge on any atom is 0.413 e. The molecular weight excluding hydrogens is 1520 g/mol. The summed E-state index contributed by atoms with van der Waals surface area (Å²) in [6.07, 6.45) is 7.81. The van der Waals surface area contributed by atoms with Crippen molar-refractivity contribution >= 4 is 131 Å². The van der Waals surface area contributed by atoms with Gasteiger partial charge in [-0.1, -0.05) is 126 Å². The Kier molecular flexibility index (Phi) is 23.5. The quantitative estimate of drug-likeness (QED) is 0.0564. The minimum atomic E-state index is -1.23. The number of carbonyl (C=O) groups excluding carboxylic acids is 4. The van der Waals surface area contributed by atoms with E-state index < -0.39 is 53.3 Å². The van der Waals surface area contributed by atoms with E-state index in [1.165, 1.54) is 36.7 Å². The zero-order chi connectivity index (χ0) is 81.6. The molecule has 0 aliphatic heterocycles. The number of carboxylic acids is 1. The van der Waals surface area contributed by atoms with Crippen LogP contribution in [-0.4, -0.2) is 104 Å². The minimum absolute atomic E-state index is 0.0107. The predicted molar refractivity (Wildman–Crippen MR) is 438 cm³/mol. The summed E-state index contributed by atoms with van der Waals surface area (Å²) in [5, 5.41) is 37.1. The number of pyridine rings is 3. The van der Waals surface area contributed by atoms with Crippen molar-refractivity contribution in [1.82, 2.24) is 68.1 Å². The molecule has 9 heterocycles. The van der Waals surface area contributed by atoms with Crippen LogP contribution >= 0.6 is 34.8 Å². The number of nitrogens with two attached hydrogens (primary N) is 2. The third kappa shape index (κ3) is 17.4. The fourth-order valence-electron chi connectivity index (χ4n) is 12.5. The van der Waals surface area contributed by atoms with Crippen molar-refractivity contribution in [3.63, 3.8) is 0 Å². The lowest BCUT2D eigenvalue weighted by atomic mass is 10.1. The Morgan fingerprint density at radius 2 is 0.763 bits per heavy atom. The molecule has 0 spiro atoms. The highest BCUT2D eigenvalue weighted by atomic mass is 35.5. The van der Waals surface area contributed by atoms with E-state index in [-0.39, 0.29) is 68.2 Å². The fourth-order valence-corrected chi connectivity index (χ4v) is 13.3. The first kappa shape index (κ1) is 79.9. The number of anilines is 3. The van der Waals surface area contributed by atoms with E-state index >= 15 is 0 Å². The van der Waals surface area contributed by atoms with Crippen molar-refractivity contribution in [2.75, 3.05) is 16.4 Å². The third-order valence-electron chi connectivity index (χ3n) is 17.3. The van der Waals surface area contributed by atoms with Crippen LogP contribution in [0.1, 0.15) is 129 Å². The number of para-hydroxylation sites is 3. The van der Waals surface area contributed by atoms with E-state index in [0.717, 1.165) is 16.8 Å². The molecule has 6 aromatic carbocycles. The van der Waals surface area contributed by atoms with Crippen molar-refractivity contribution in [2.45, 2.75) is 91.6 Å². The Morgan fingerprint density at radius 3 is 1.12 bits per heavy atom. The maximum atomic E-state index is 13.7. The van der Waals surface area contributed by atoms with Gasteiger partial charge in [-0.25, -0.2) is 42.9 Å². The van der Waals surface area contributed by atoms with Crippen LogP contribution in [0.5, 0.6) is 0 Å². The first-order valence-corrected chi connectivity index (χ1v) is 36.5. The van der Waals surface area contributed by atoms with Crippen molar-refractivity contribution in [1.29, 1.82) is 0 Å². The first-order chi connectivity index (χ1) is 54.4. The van der Waals surface area contributed by atoms with Crippen molar-refractivity contribution < 1.29 is 38.6 Å². The van der Waals surface area contributed by atoms with Crippen LogP contribution in [0, 0.1) is 0 Å². The molecule has 0 bridgehead atoms. The number of ether oxygens (including phenoxy) is 2. The molecule has 580 valence electrons. The van der Waals surface area contributed by atoms with Gasteiger partial charge in [0, 0.05) is 77.4 Å². The lowest BCUT2D eigenvalue weighted by Gasteiger charge is -2.21. The highest BCUT2D eigenvalue weighted by molar-refractivity contribution is 6.36. The number of aromatic nitrogens is 12. The molecule has 15 rings (SSSR count). The number of fused-ring (bicyclic) bond motifs is 6. The fraction of sp³-hybridized carbons (Fsp3) is 0.171. The van der Waals surface area contributed by atoms with Gasteiger partial charge in [0.15, 0.2) is 34.4 Å². The number of hydrogen-bond donors (Lipinski definition) is 7. The number of benzene rings is 6. The summed E-state index contributed by atoms with van der Waals surface area (Å²) in [6, 6.07) is 52.9. The molecule has 9 aromatic heterocycles. The lowest BCUT2D eigenvalue weighted by molar-refractivity contribution is 0.0622. The van der Waals surface area contributed by atoms with E-state index in [9.17, 15) is 43.5 Å². The minimum Gasteiger partial charge on any atom is -0.477 e. The number of nitrogens with zero attached hydrogens (tertiary/aromatic N) is 12. The highest BCUT2D eigenvalue weighted by Crippen LogP contribution is 2.31. The molecule has 0 saturated heterocycles. The summed E-state index contributed by atoms with van der Waals surface area (Å²) in [7, 11) is 0. The predicted octanol–water partition coefficient (Wildman–Crippen LogP) is 14.7. The summed E-state index contributed by atoms with van der Waals surface area (Å²) < 4.78 is 19.3. The molecule has 0 aliphatic carbocycles. The molecule has 32 heteroatoms. The number of halogens is 3. The molecule has 0 radical (unpaired) electrons. The van der Waals surface area contributed by atoms with E-state index in [0.29, 0.717) is 70.4 Å². The zero-order valence-corrected chi connectivity index (χ0v) is 65.0. The standard InChI is InChI=1S/C29H27ClN6O4.C24H19ClN6O2.C17H15ClN2O.C12H14N4O4/c1-17(21-16-18-10-8-13-20(30)22(18)27(38)36(21)19-11-6-5-7-12-19)32-26(37)23-24(33-28(39)40-29(2,3)4)34-35-15-9-14-31-25(23)35;1-14(28-23(32)20-21(26)29-30-12-6-11-27-22(20)30)18-13-15-7-5-10-17(25)19(15)24(33)31(18)16-8-3-2-4-9-16;1-11(19)15-10-12-6-5-9-14(18)16(12)17(21)20(15)13-7-3-2-4-8-13;1-12(2,3)20-11(19)14-8-7(10(17)18)9-13-5-4-6-16(9)15-8/h5-17H,1-4H3,(H,32,37)(H,33,34,39);2-14H,1H3,(H2,26,29)(H,28,32);2-11H,19H2,1H3;4-6H,1-3H3,(H,17,18)(H,14,15,19)/t17-;14-;11-;/m000./s1. The summed E-state index contributed by atoms with van der Waals surface area (Å²) in [6.45, 7) is 15.7. The number of rotatable bonds is 13. The largest absolute Gasteiger partial charge is 0.477 e. The van der Waals surface area contributed by atoms with Crippen molar-refractivity contribution in [3.05, 3.63) is 299 Å². The van der Waals surface area contributed by atoms with Crippen molar-refractivity contribution in [2.24, 2.45) is 5.73 Å². The van der Waals surface area contributed by atoms with Gasteiger partial charge >= 0.3 is 18.2 Å². The molecule has 0 aliphatic rings. The molecule has 9 N–H and O–H groups in total. The zero-order valence-electron chi connectivity index (χ0n) is 62.7. The Balaban J connectivity index is 0.000000146. The molecule has 114 heavy (non-hydrogen) atoms. The molecular formula is C82H75Cl3N18O11. The normalized spacial score (nSPS) is 12.1. The van der Waals surface area contributed by atoms with Gasteiger partial charge < -0.3 is 36.7 Å². The van der Waals surface area contributed by atoms with E-state index in [4.69, 9.17) is 55.7 Å². The van der Waals surface area contributed by atoms with Crippen molar-refractivity contribution in [3.8, 4) is 17.1 Å². The second-order valence-electron chi connectivity index (χ2n) is 27.9. The molecule has 29 nitrogen and oxygen atoms in total. The monoisotopic (exact) mass is 1590 g/mol.